The average molecular weight is 920 g/mol. The summed E-state index contributed by atoms with van der Waals surface area (Å²) in [6.07, 6.45) is 55.2. The van der Waals surface area contributed by atoms with Crippen molar-refractivity contribution < 1.29 is 28.6 Å². The topological polar surface area (TPSA) is 78.9 Å². The molecule has 0 aromatic rings. The minimum absolute atomic E-state index is 0.0628. The van der Waals surface area contributed by atoms with E-state index in [0.29, 0.717) is 19.3 Å². The maximum Gasteiger partial charge on any atom is 0.306 e. The van der Waals surface area contributed by atoms with Crippen molar-refractivity contribution in [1.29, 1.82) is 0 Å². The molecule has 0 saturated heterocycles. The van der Waals surface area contributed by atoms with Crippen LogP contribution in [0.4, 0.5) is 0 Å². The van der Waals surface area contributed by atoms with Gasteiger partial charge in [-0.3, -0.25) is 14.4 Å². The maximum absolute atomic E-state index is 12.9. The third kappa shape index (κ3) is 53.2. The van der Waals surface area contributed by atoms with Crippen molar-refractivity contribution >= 4 is 17.9 Å². The molecule has 0 aromatic carbocycles. The Morgan fingerprint density at radius 1 is 0.292 bits per heavy atom. The number of unbranched alkanes of at least 4 members (excludes halogenated alkanes) is 38. The smallest absolute Gasteiger partial charge is 0.306 e. The molecule has 1 atom stereocenters. The first kappa shape index (κ1) is 63.4. The highest BCUT2D eigenvalue weighted by Crippen LogP contribution is 2.18. The lowest BCUT2D eigenvalue weighted by Gasteiger charge is -2.18. The van der Waals surface area contributed by atoms with E-state index in [1.165, 1.54) is 218 Å². The average Bonchev–Trinajstić information content (AvgIpc) is 3.28. The van der Waals surface area contributed by atoms with Gasteiger partial charge in [-0.1, -0.05) is 291 Å². The Labute approximate surface area is 406 Å². The molecule has 0 rings (SSSR count). The number of carbonyl (C=O) groups excluding carboxylic acids is 3. The lowest BCUT2D eigenvalue weighted by atomic mass is 10.0. The summed E-state index contributed by atoms with van der Waals surface area (Å²) in [7, 11) is 0. The van der Waals surface area contributed by atoms with Gasteiger partial charge in [0.05, 0.1) is 0 Å². The molecule has 0 N–H and O–H groups in total. The quantitative estimate of drug-likeness (QED) is 0.0344. The zero-order chi connectivity index (χ0) is 47.5. The van der Waals surface area contributed by atoms with Crippen LogP contribution in [0.15, 0.2) is 0 Å². The van der Waals surface area contributed by atoms with Gasteiger partial charge in [-0.2, -0.15) is 0 Å². The van der Waals surface area contributed by atoms with Crippen LogP contribution < -0.4 is 0 Å². The Kier molecular flexibility index (Phi) is 50.5. The van der Waals surface area contributed by atoms with Crippen molar-refractivity contribution in [2.45, 2.75) is 336 Å². The molecule has 6 heteroatoms. The van der Waals surface area contributed by atoms with E-state index in [-0.39, 0.29) is 31.1 Å². The van der Waals surface area contributed by atoms with Gasteiger partial charge in [-0.25, -0.2) is 0 Å². The molecule has 0 radical (unpaired) electrons. The van der Waals surface area contributed by atoms with E-state index in [9.17, 15) is 14.4 Å². The van der Waals surface area contributed by atoms with Gasteiger partial charge in [-0.05, 0) is 31.1 Å². The van der Waals surface area contributed by atoms with E-state index in [0.717, 1.165) is 69.6 Å². The van der Waals surface area contributed by atoms with Crippen LogP contribution in [0.5, 0.6) is 0 Å². The highest BCUT2D eigenvalue weighted by atomic mass is 16.6. The Hall–Kier alpha value is -1.59. The Bertz CT molecular complexity index is 993. The molecule has 0 saturated carbocycles. The predicted octanol–water partition coefficient (Wildman–Crippen LogP) is 19.3. The molecule has 65 heavy (non-hydrogen) atoms. The van der Waals surface area contributed by atoms with Crippen LogP contribution in [0.3, 0.4) is 0 Å². The van der Waals surface area contributed by atoms with Crippen molar-refractivity contribution in [2.75, 3.05) is 13.2 Å². The summed E-state index contributed by atoms with van der Waals surface area (Å²) in [4.78, 5) is 38.1. The van der Waals surface area contributed by atoms with Crippen LogP contribution in [0.2, 0.25) is 0 Å². The van der Waals surface area contributed by atoms with Crippen LogP contribution in [0, 0.1) is 11.8 Å². The monoisotopic (exact) mass is 919 g/mol. The first-order valence-electron chi connectivity index (χ1n) is 29.2. The van der Waals surface area contributed by atoms with Crippen LogP contribution in [0.1, 0.15) is 330 Å². The van der Waals surface area contributed by atoms with E-state index >= 15 is 0 Å². The first-order valence-corrected chi connectivity index (χ1v) is 29.2. The molecular formula is C59H114O6. The molecule has 0 aromatic heterocycles. The third-order valence-electron chi connectivity index (χ3n) is 13.5. The molecular weight excluding hydrogens is 805 g/mol. The lowest BCUT2D eigenvalue weighted by molar-refractivity contribution is -0.167. The molecule has 6 nitrogen and oxygen atoms in total. The third-order valence-corrected chi connectivity index (χ3v) is 13.5. The second-order valence-electron chi connectivity index (χ2n) is 21.2. The van der Waals surface area contributed by atoms with Crippen LogP contribution in [-0.4, -0.2) is 37.2 Å². The standard InChI is InChI=1S/C59H114O6/c1-6-7-8-9-10-11-12-13-14-15-16-17-20-24-31-36-41-46-51-59(62)65-56(53-64-58(61)50-45-40-35-30-26-25-28-33-38-43-48-55(4)5)52-63-57(60)49-44-39-34-29-23-21-18-19-22-27-32-37-42-47-54(2)3/h54-56H,6-53H2,1-5H3/t56-/m0/s1. The predicted molar refractivity (Wildman–Crippen MR) is 280 cm³/mol. The van der Waals surface area contributed by atoms with Gasteiger partial charge in [0.1, 0.15) is 13.2 Å². The molecule has 386 valence electrons. The van der Waals surface area contributed by atoms with Gasteiger partial charge in [0.15, 0.2) is 6.10 Å². The van der Waals surface area contributed by atoms with E-state index in [1.807, 2.05) is 0 Å². The number of hydrogen-bond donors (Lipinski definition) is 0. The second kappa shape index (κ2) is 51.8. The number of ether oxygens (including phenoxy) is 3. The summed E-state index contributed by atoms with van der Waals surface area (Å²) >= 11 is 0. The highest BCUT2D eigenvalue weighted by molar-refractivity contribution is 5.71. The zero-order valence-corrected chi connectivity index (χ0v) is 44.6. The zero-order valence-electron chi connectivity index (χ0n) is 44.6. The van der Waals surface area contributed by atoms with Crippen molar-refractivity contribution in [1.82, 2.24) is 0 Å². The lowest BCUT2D eigenvalue weighted by Crippen LogP contribution is -2.30. The number of rotatable bonds is 53. The summed E-state index contributed by atoms with van der Waals surface area (Å²) in [6, 6.07) is 0. The summed E-state index contributed by atoms with van der Waals surface area (Å²) in [5.41, 5.74) is 0. The molecule has 0 aliphatic rings. The molecule has 0 bridgehead atoms. The first-order chi connectivity index (χ1) is 31.7. The van der Waals surface area contributed by atoms with Crippen LogP contribution >= 0.6 is 0 Å². The fraction of sp³-hybridized carbons (Fsp3) is 0.949. The molecule has 0 spiro atoms. The van der Waals surface area contributed by atoms with Crippen molar-refractivity contribution in [3.8, 4) is 0 Å². The van der Waals surface area contributed by atoms with E-state index < -0.39 is 6.10 Å². The second-order valence-corrected chi connectivity index (χ2v) is 21.2. The van der Waals surface area contributed by atoms with Crippen molar-refractivity contribution in [3.63, 3.8) is 0 Å². The summed E-state index contributed by atoms with van der Waals surface area (Å²) in [5, 5.41) is 0. The summed E-state index contributed by atoms with van der Waals surface area (Å²) < 4.78 is 16.9. The maximum atomic E-state index is 12.9. The Morgan fingerprint density at radius 3 is 0.754 bits per heavy atom. The van der Waals surface area contributed by atoms with Gasteiger partial charge >= 0.3 is 17.9 Å². The van der Waals surface area contributed by atoms with Gasteiger partial charge < -0.3 is 14.2 Å². The SMILES string of the molecule is CCCCCCCCCCCCCCCCCCCCC(=O)O[C@@H](COC(=O)CCCCCCCCCCCCCCCC(C)C)COC(=O)CCCCCCCCCCCCC(C)C. The van der Waals surface area contributed by atoms with E-state index in [1.54, 1.807) is 0 Å². The molecule has 0 aliphatic carbocycles. The molecule has 0 unspecified atom stereocenters. The van der Waals surface area contributed by atoms with E-state index in [2.05, 4.69) is 34.6 Å². The summed E-state index contributed by atoms with van der Waals surface area (Å²) in [6.45, 7) is 11.4. The van der Waals surface area contributed by atoms with Crippen LogP contribution in [0.25, 0.3) is 0 Å². The molecule has 0 amide bonds. The van der Waals surface area contributed by atoms with Gasteiger partial charge in [0, 0.05) is 19.3 Å². The van der Waals surface area contributed by atoms with E-state index in [4.69, 9.17) is 14.2 Å². The number of carbonyl (C=O) groups is 3. The largest absolute Gasteiger partial charge is 0.462 e. The fourth-order valence-corrected chi connectivity index (χ4v) is 9.05. The number of hydrogen-bond acceptors (Lipinski definition) is 6. The number of esters is 3. The van der Waals surface area contributed by atoms with Gasteiger partial charge in [-0.15, -0.1) is 0 Å². The molecule has 0 heterocycles. The minimum Gasteiger partial charge on any atom is -0.462 e. The fourth-order valence-electron chi connectivity index (χ4n) is 9.05. The Morgan fingerprint density at radius 2 is 0.508 bits per heavy atom. The van der Waals surface area contributed by atoms with Gasteiger partial charge in [0.2, 0.25) is 0 Å². The van der Waals surface area contributed by atoms with Gasteiger partial charge in [0.25, 0.3) is 0 Å². The van der Waals surface area contributed by atoms with Crippen molar-refractivity contribution in [3.05, 3.63) is 0 Å². The summed E-state index contributed by atoms with van der Waals surface area (Å²) in [5.74, 6) is 0.819. The molecule has 0 fully saturated rings. The normalized spacial score (nSPS) is 12.0. The van der Waals surface area contributed by atoms with Crippen LogP contribution in [-0.2, 0) is 28.6 Å². The van der Waals surface area contributed by atoms with Crippen molar-refractivity contribution in [2.24, 2.45) is 11.8 Å². The Balaban J connectivity index is 4.29. The minimum atomic E-state index is -0.763. The highest BCUT2D eigenvalue weighted by Gasteiger charge is 2.19. The molecule has 0 aliphatic heterocycles.